The van der Waals surface area contributed by atoms with Gasteiger partial charge in [0.25, 0.3) is 0 Å². The Morgan fingerprint density at radius 1 is 1.25 bits per heavy atom. The van der Waals surface area contributed by atoms with Crippen molar-refractivity contribution in [2.45, 2.75) is 58.5 Å². The molecule has 24 heavy (non-hydrogen) atoms. The van der Waals surface area contributed by atoms with Crippen LogP contribution in [0.15, 0.2) is 24.4 Å². The molecule has 0 N–H and O–H groups in total. The molecule has 132 valence electrons. The summed E-state index contributed by atoms with van der Waals surface area (Å²) >= 11 is 0. The van der Waals surface area contributed by atoms with Gasteiger partial charge in [0.15, 0.2) is 5.78 Å². The standard InChI is InChI=1S/C19H28N2O3/c1-19(2,3)24-18(23)21-13-10-15(11-14-21)7-6-9-17(22)16-8-4-5-12-20-16/h4-5,8,12,15H,6-7,9-11,13-14H2,1-3H3. The first-order chi connectivity index (χ1) is 11.3. The fourth-order valence-electron chi connectivity index (χ4n) is 2.94. The number of carbonyl (C=O) groups excluding carboxylic acids is 2. The van der Waals surface area contributed by atoms with Crippen molar-refractivity contribution < 1.29 is 14.3 Å². The first kappa shape index (κ1) is 18.4. The summed E-state index contributed by atoms with van der Waals surface area (Å²) in [6.45, 7) is 7.14. The number of carbonyl (C=O) groups is 2. The summed E-state index contributed by atoms with van der Waals surface area (Å²) in [5, 5.41) is 0. The molecule has 1 aliphatic rings. The molecule has 1 fully saturated rings. The Morgan fingerprint density at radius 2 is 1.96 bits per heavy atom. The summed E-state index contributed by atoms with van der Waals surface area (Å²) in [5.41, 5.74) is 0.108. The van der Waals surface area contributed by atoms with Crippen molar-refractivity contribution in [1.82, 2.24) is 9.88 Å². The molecule has 0 aromatic carbocycles. The van der Waals surface area contributed by atoms with Crippen LogP contribution in [0.4, 0.5) is 4.79 Å². The Hall–Kier alpha value is -1.91. The monoisotopic (exact) mass is 332 g/mol. The molecule has 0 bridgehead atoms. The maximum Gasteiger partial charge on any atom is 0.410 e. The van der Waals surface area contributed by atoms with Crippen LogP contribution in [0.2, 0.25) is 0 Å². The lowest BCUT2D eigenvalue weighted by Crippen LogP contribution is -2.41. The number of rotatable bonds is 5. The number of hydrogen-bond donors (Lipinski definition) is 0. The lowest BCUT2D eigenvalue weighted by molar-refractivity contribution is 0.0181. The maximum absolute atomic E-state index is 12.0. The van der Waals surface area contributed by atoms with Gasteiger partial charge in [-0.05, 0) is 64.5 Å². The van der Waals surface area contributed by atoms with Crippen LogP contribution in [-0.2, 0) is 4.74 Å². The van der Waals surface area contributed by atoms with Gasteiger partial charge in [-0.25, -0.2) is 4.79 Å². The molecule has 0 radical (unpaired) electrons. The molecule has 1 saturated heterocycles. The summed E-state index contributed by atoms with van der Waals surface area (Å²) in [7, 11) is 0. The van der Waals surface area contributed by atoms with Crippen LogP contribution in [0.3, 0.4) is 0 Å². The highest BCUT2D eigenvalue weighted by molar-refractivity contribution is 5.94. The molecule has 1 aliphatic heterocycles. The van der Waals surface area contributed by atoms with Gasteiger partial charge in [0.05, 0.1) is 0 Å². The topological polar surface area (TPSA) is 59.5 Å². The summed E-state index contributed by atoms with van der Waals surface area (Å²) in [6, 6.07) is 5.42. The number of ketones is 1. The second kappa shape index (κ2) is 8.27. The van der Waals surface area contributed by atoms with Gasteiger partial charge in [-0.2, -0.15) is 0 Å². The molecule has 5 nitrogen and oxygen atoms in total. The third-order valence-electron chi connectivity index (χ3n) is 4.23. The zero-order chi connectivity index (χ0) is 17.6. The predicted octanol–water partition coefficient (Wildman–Crippen LogP) is 4.08. The first-order valence-electron chi connectivity index (χ1n) is 8.77. The number of likely N-dealkylation sites (tertiary alicyclic amines) is 1. The third kappa shape index (κ3) is 5.95. The van der Waals surface area contributed by atoms with Crippen LogP contribution in [0.5, 0.6) is 0 Å². The van der Waals surface area contributed by atoms with Gasteiger partial charge < -0.3 is 9.64 Å². The molecule has 0 spiro atoms. The molecule has 0 aliphatic carbocycles. The number of aromatic nitrogens is 1. The van der Waals surface area contributed by atoms with Gasteiger partial charge in [0.2, 0.25) is 0 Å². The highest BCUT2D eigenvalue weighted by Crippen LogP contribution is 2.24. The number of piperidine rings is 1. The quantitative estimate of drug-likeness (QED) is 0.762. The van der Waals surface area contributed by atoms with Gasteiger partial charge >= 0.3 is 6.09 Å². The Kier molecular flexibility index (Phi) is 6.35. The fourth-order valence-corrected chi connectivity index (χ4v) is 2.94. The van der Waals surface area contributed by atoms with E-state index in [1.807, 2.05) is 32.9 Å². The molecular formula is C19H28N2O3. The number of hydrogen-bond acceptors (Lipinski definition) is 4. The predicted molar refractivity (Wildman–Crippen MR) is 92.9 cm³/mol. The Bertz CT molecular complexity index is 543. The molecule has 5 heteroatoms. The number of pyridine rings is 1. The molecule has 2 heterocycles. The molecule has 1 aromatic heterocycles. The second-order valence-corrected chi connectivity index (χ2v) is 7.44. The van der Waals surface area contributed by atoms with Crippen molar-refractivity contribution in [3.63, 3.8) is 0 Å². The third-order valence-corrected chi connectivity index (χ3v) is 4.23. The van der Waals surface area contributed by atoms with Crippen LogP contribution in [0.1, 0.15) is 63.4 Å². The molecule has 0 saturated carbocycles. The van der Waals surface area contributed by atoms with Crippen LogP contribution in [-0.4, -0.2) is 40.5 Å². The summed E-state index contributed by atoms with van der Waals surface area (Å²) in [6.07, 6.45) is 5.86. The Morgan fingerprint density at radius 3 is 2.54 bits per heavy atom. The minimum atomic E-state index is -0.445. The van der Waals surface area contributed by atoms with Gasteiger partial charge in [0.1, 0.15) is 11.3 Å². The van der Waals surface area contributed by atoms with E-state index in [0.717, 1.165) is 38.8 Å². The van der Waals surface area contributed by atoms with E-state index in [4.69, 9.17) is 4.74 Å². The van der Waals surface area contributed by atoms with Crippen LogP contribution >= 0.6 is 0 Å². The normalized spacial score (nSPS) is 16.0. The van der Waals surface area contributed by atoms with E-state index in [1.54, 1.807) is 17.2 Å². The highest BCUT2D eigenvalue weighted by Gasteiger charge is 2.26. The lowest BCUT2D eigenvalue weighted by atomic mass is 9.91. The minimum Gasteiger partial charge on any atom is -0.444 e. The average molecular weight is 332 g/mol. The average Bonchev–Trinajstić information content (AvgIpc) is 2.54. The zero-order valence-corrected chi connectivity index (χ0v) is 15.0. The van der Waals surface area contributed by atoms with Gasteiger partial charge in [0, 0.05) is 25.7 Å². The fraction of sp³-hybridized carbons (Fsp3) is 0.632. The summed E-state index contributed by atoms with van der Waals surface area (Å²) in [5.74, 6) is 0.696. The van der Waals surface area contributed by atoms with Crippen molar-refractivity contribution in [3.8, 4) is 0 Å². The summed E-state index contributed by atoms with van der Waals surface area (Å²) < 4.78 is 5.41. The summed E-state index contributed by atoms with van der Waals surface area (Å²) in [4.78, 5) is 29.9. The minimum absolute atomic E-state index is 0.113. The smallest absolute Gasteiger partial charge is 0.410 e. The van der Waals surface area contributed by atoms with E-state index in [2.05, 4.69) is 4.98 Å². The van der Waals surface area contributed by atoms with E-state index < -0.39 is 5.60 Å². The molecule has 1 amide bonds. The van der Waals surface area contributed by atoms with Crippen molar-refractivity contribution in [2.24, 2.45) is 5.92 Å². The molecule has 0 atom stereocenters. The van der Waals surface area contributed by atoms with Gasteiger partial charge in [-0.1, -0.05) is 6.07 Å². The van der Waals surface area contributed by atoms with Gasteiger partial charge in [-0.15, -0.1) is 0 Å². The first-order valence-corrected chi connectivity index (χ1v) is 8.77. The molecule has 1 aromatic rings. The number of ether oxygens (including phenoxy) is 1. The molecule has 2 rings (SSSR count). The van der Waals surface area contributed by atoms with E-state index in [-0.39, 0.29) is 11.9 Å². The maximum atomic E-state index is 12.0. The van der Waals surface area contributed by atoms with E-state index in [1.165, 1.54) is 0 Å². The van der Waals surface area contributed by atoms with Crippen molar-refractivity contribution in [3.05, 3.63) is 30.1 Å². The van der Waals surface area contributed by atoms with Crippen LogP contribution in [0.25, 0.3) is 0 Å². The van der Waals surface area contributed by atoms with Crippen LogP contribution < -0.4 is 0 Å². The Balaban J connectivity index is 1.66. The van der Waals surface area contributed by atoms with E-state index >= 15 is 0 Å². The SMILES string of the molecule is CC(C)(C)OC(=O)N1CCC(CCCC(=O)c2ccccn2)CC1. The van der Waals surface area contributed by atoms with Crippen molar-refractivity contribution in [1.29, 1.82) is 0 Å². The van der Waals surface area contributed by atoms with Crippen LogP contribution in [0, 0.1) is 5.92 Å². The largest absolute Gasteiger partial charge is 0.444 e. The number of amides is 1. The van der Waals surface area contributed by atoms with Crippen molar-refractivity contribution >= 4 is 11.9 Å². The van der Waals surface area contributed by atoms with Gasteiger partial charge in [-0.3, -0.25) is 9.78 Å². The van der Waals surface area contributed by atoms with Crippen molar-refractivity contribution in [2.75, 3.05) is 13.1 Å². The Labute approximate surface area is 144 Å². The highest BCUT2D eigenvalue weighted by atomic mass is 16.6. The molecule has 0 unspecified atom stereocenters. The second-order valence-electron chi connectivity index (χ2n) is 7.44. The zero-order valence-electron chi connectivity index (χ0n) is 15.0. The molecular weight excluding hydrogens is 304 g/mol. The lowest BCUT2D eigenvalue weighted by Gasteiger charge is -2.33. The number of nitrogens with zero attached hydrogens (tertiary/aromatic N) is 2. The van der Waals surface area contributed by atoms with E-state index in [9.17, 15) is 9.59 Å². The number of Topliss-reactive ketones (excluding diaryl/α,β-unsaturated/α-hetero) is 1. The van der Waals surface area contributed by atoms with E-state index in [0.29, 0.717) is 18.0 Å².